The second kappa shape index (κ2) is 4.91. The summed E-state index contributed by atoms with van der Waals surface area (Å²) in [5, 5.41) is 0. The van der Waals surface area contributed by atoms with Crippen LogP contribution < -0.4 is 9.47 Å². The van der Waals surface area contributed by atoms with Crippen molar-refractivity contribution >= 4 is 0 Å². The third-order valence-electron chi connectivity index (χ3n) is 2.84. The molecule has 0 atom stereocenters. The lowest BCUT2D eigenvalue weighted by molar-refractivity contribution is 0.404. The van der Waals surface area contributed by atoms with E-state index in [-0.39, 0.29) is 0 Å². The van der Waals surface area contributed by atoms with E-state index in [1.54, 1.807) is 14.2 Å². The van der Waals surface area contributed by atoms with Crippen LogP contribution in [0, 0.1) is 6.92 Å². The van der Waals surface area contributed by atoms with E-state index < -0.39 is 0 Å². The van der Waals surface area contributed by atoms with Crippen LogP contribution in [0.25, 0.3) is 11.1 Å². The van der Waals surface area contributed by atoms with E-state index in [1.807, 2.05) is 30.3 Å². The summed E-state index contributed by atoms with van der Waals surface area (Å²) in [6.45, 7) is 2.09. The summed E-state index contributed by atoms with van der Waals surface area (Å²) in [4.78, 5) is 0. The van der Waals surface area contributed by atoms with Crippen molar-refractivity contribution in [2.75, 3.05) is 14.2 Å². The lowest BCUT2D eigenvalue weighted by atomic mass is 9.99. The predicted molar refractivity (Wildman–Crippen MR) is 69.7 cm³/mol. The monoisotopic (exact) mass is 228 g/mol. The number of rotatable bonds is 3. The standard InChI is InChI=1S/C15H16O2/c1-11-6-4-5-7-13(11)14-10-12(16-2)8-9-15(14)17-3/h4-10H,1-3H3. The number of hydrogen-bond acceptors (Lipinski definition) is 2. The molecule has 0 radical (unpaired) electrons. The van der Waals surface area contributed by atoms with Crippen molar-refractivity contribution in [2.45, 2.75) is 6.92 Å². The maximum absolute atomic E-state index is 5.40. The second-order valence-electron chi connectivity index (χ2n) is 3.88. The highest BCUT2D eigenvalue weighted by molar-refractivity contribution is 5.74. The van der Waals surface area contributed by atoms with Crippen molar-refractivity contribution in [1.29, 1.82) is 0 Å². The van der Waals surface area contributed by atoms with Gasteiger partial charge in [-0.2, -0.15) is 0 Å². The molecule has 0 saturated carbocycles. The van der Waals surface area contributed by atoms with Gasteiger partial charge in [-0.25, -0.2) is 0 Å². The Hall–Kier alpha value is -1.96. The lowest BCUT2D eigenvalue weighted by Gasteiger charge is -2.12. The molecule has 0 aromatic heterocycles. The molecular weight excluding hydrogens is 212 g/mol. The number of benzene rings is 2. The number of methoxy groups -OCH3 is 2. The van der Waals surface area contributed by atoms with Gasteiger partial charge in [0.15, 0.2) is 0 Å². The molecule has 0 unspecified atom stereocenters. The van der Waals surface area contributed by atoms with Crippen LogP contribution >= 0.6 is 0 Å². The fourth-order valence-electron chi connectivity index (χ4n) is 1.90. The third kappa shape index (κ3) is 2.26. The molecule has 0 heterocycles. The summed E-state index contributed by atoms with van der Waals surface area (Å²) in [7, 11) is 3.35. The van der Waals surface area contributed by atoms with Crippen LogP contribution in [0.2, 0.25) is 0 Å². The van der Waals surface area contributed by atoms with Gasteiger partial charge in [-0.1, -0.05) is 24.3 Å². The molecule has 0 bridgehead atoms. The molecule has 0 aliphatic rings. The van der Waals surface area contributed by atoms with Crippen molar-refractivity contribution in [3.8, 4) is 22.6 Å². The summed E-state index contributed by atoms with van der Waals surface area (Å²) in [6.07, 6.45) is 0. The quantitative estimate of drug-likeness (QED) is 0.797. The molecule has 0 fully saturated rings. The normalized spacial score (nSPS) is 10.1. The number of aryl methyl sites for hydroxylation is 1. The smallest absolute Gasteiger partial charge is 0.126 e. The van der Waals surface area contributed by atoms with Gasteiger partial charge in [-0.3, -0.25) is 0 Å². The zero-order chi connectivity index (χ0) is 12.3. The minimum Gasteiger partial charge on any atom is -0.497 e. The van der Waals surface area contributed by atoms with Crippen LogP contribution in [-0.4, -0.2) is 14.2 Å². The molecule has 2 rings (SSSR count). The first kappa shape index (κ1) is 11.5. The maximum Gasteiger partial charge on any atom is 0.126 e. The van der Waals surface area contributed by atoms with Gasteiger partial charge in [0.2, 0.25) is 0 Å². The van der Waals surface area contributed by atoms with Gasteiger partial charge in [0, 0.05) is 5.56 Å². The second-order valence-corrected chi connectivity index (χ2v) is 3.88. The van der Waals surface area contributed by atoms with Crippen molar-refractivity contribution in [1.82, 2.24) is 0 Å². The van der Waals surface area contributed by atoms with E-state index in [9.17, 15) is 0 Å². The van der Waals surface area contributed by atoms with Crippen LogP contribution in [0.3, 0.4) is 0 Å². The van der Waals surface area contributed by atoms with Gasteiger partial charge in [-0.15, -0.1) is 0 Å². The summed E-state index contributed by atoms with van der Waals surface area (Å²) in [5.74, 6) is 1.70. The molecule has 0 spiro atoms. The first-order valence-electron chi connectivity index (χ1n) is 5.54. The van der Waals surface area contributed by atoms with Gasteiger partial charge >= 0.3 is 0 Å². The highest BCUT2D eigenvalue weighted by atomic mass is 16.5. The van der Waals surface area contributed by atoms with Gasteiger partial charge in [0.1, 0.15) is 11.5 Å². The lowest BCUT2D eigenvalue weighted by Crippen LogP contribution is -1.91. The van der Waals surface area contributed by atoms with Crippen LogP contribution in [0.5, 0.6) is 11.5 Å². The first-order chi connectivity index (χ1) is 8.26. The minimum absolute atomic E-state index is 0.837. The number of ether oxygens (including phenoxy) is 2. The average molecular weight is 228 g/mol. The largest absolute Gasteiger partial charge is 0.497 e. The van der Waals surface area contributed by atoms with E-state index in [4.69, 9.17) is 9.47 Å². The topological polar surface area (TPSA) is 18.5 Å². The fourth-order valence-corrected chi connectivity index (χ4v) is 1.90. The van der Waals surface area contributed by atoms with Crippen molar-refractivity contribution < 1.29 is 9.47 Å². The van der Waals surface area contributed by atoms with Gasteiger partial charge in [0.25, 0.3) is 0 Å². The van der Waals surface area contributed by atoms with Gasteiger partial charge in [0.05, 0.1) is 14.2 Å². The first-order valence-corrected chi connectivity index (χ1v) is 5.54. The Morgan fingerprint density at radius 2 is 1.59 bits per heavy atom. The number of hydrogen-bond donors (Lipinski definition) is 0. The highest BCUT2D eigenvalue weighted by Gasteiger charge is 2.09. The van der Waals surface area contributed by atoms with Crippen LogP contribution in [0.4, 0.5) is 0 Å². The molecule has 17 heavy (non-hydrogen) atoms. The van der Waals surface area contributed by atoms with Crippen LogP contribution in [0.1, 0.15) is 5.56 Å². The predicted octanol–water partition coefficient (Wildman–Crippen LogP) is 3.68. The molecule has 0 aliphatic heterocycles. The average Bonchev–Trinajstić information content (AvgIpc) is 2.38. The molecule has 2 nitrogen and oxygen atoms in total. The highest BCUT2D eigenvalue weighted by Crippen LogP contribution is 2.34. The minimum atomic E-state index is 0.837. The summed E-state index contributed by atoms with van der Waals surface area (Å²) in [6, 6.07) is 14.1. The van der Waals surface area contributed by atoms with Crippen molar-refractivity contribution in [2.24, 2.45) is 0 Å². The Morgan fingerprint density at radius 3 is 2.24 bits per heavy atom. The van der Waals surface area contributed by atoms with E-state index in [1.165, 1.54) is 11.1 Å². The Kier molecular flexibility index (Phi) is 3.33. The summed E-state index contributed by atoms with van der Waals surface area (Å²) >= 11 is 0. The van der Waals surface area contributed by atoms with Crippen molar-refractivity contribution in [3.05, 3.63) is 48.0 Å². The van der Waals surface area contributed by atoms with E-state index in [2.05, 4.69) is 19.1 Å². The summed E-state index contributed by atoms with van der Waals surface area (Å²) in [5.41, 5.74) is 3.45. The molecular formula is C15H16O2. The Morgan fingerprint density at radius 1 is 0.824 bits per heavy atom. The molecule has 0 aliphatic carbocycles. The van der Waals surface area contributed by atoms with Crippen LogP contribution in [-0.2, 0) is 0 Å². The van der Waals surface area contributed by atoms with E-state index in [0.717, 1.165) is 17.1 Å². The Bertz CT molecular complexity index is 518. The van der Waals surface area contributed by atoms with Gasteiger partial charge < -0.3 is 9.47 Å². The SMILES string of the molecule is COc1ccc(OC)c(-c2ccccc2C)c1. The molecule has 2 aromatic carbocycles. The Balaban J connectivity index is 2.60. The zero-order valence-electron chi connectivity index (χ0n) is 10.4. The summed E-state index contributed by atoms with van der Waals surface area (Å²) < 4.78 is 10.7. The molecule has 88 valence electrons. The van der Waals surface area contributed by atoms with E-state index in [0.29, 0.717) is 0 Å². The van der Waals surface area contributed by atoms with Crippen molar-refractivity contribution in [3.63, 3.8) is 0 Å². The molecule has 2 heteroatoms. The molecule has 2 aromatic rings. The van der Waals surface area contributed by atoms with E-state index >= 15 is 0 Å². The molecule has 0 N–H and O–H groups in total. The fraction of sp³-hybridized carbons (Fsp3) is 0.200. The van der Waals surface area contributed by atoms with Crippen LogP contribution in [0.15, 0.2) is 42.5 Å². The molecule has 0 saturated heterocycles. The van der Waals surface area contributed by atoms with Gasteiger partial charge in [-0.05, 0) is 36.2 Å². The Labute approximate surface area is 102 Å². The third-order valence-corrected chi connectivity index (χ3v) is 2.84. The zero-order valence-corrected chi connectivity index (χ0v) is 10.4. The molecule has 0 amide bonds. The maximum atomic E-state index is 5.40.